The van der Waals surface area contributed by atoms with Crippen LogP contribution in [0.1, 0.15) is 30.5 Å². The van der Waals surface area contributed by atoms with Crippen LogP contribution in [0.15, 0.2) is 36.4 Å². The molecule has 23 heavy (non-hydrogen) atoms. The third-order valence-corrected chi connectivity index (χ3v) is 4.09. The Bertz CT molecular complexity index is 681. The third-order valence-electron chi connectivity index (χ3n) is 3.73. The summed E-state index contributed by atoms with van der Waals surface area (Å²) in [5.74, 6) is 0.500. The number of halogens is 1. The average molecular weight is 332 g/mol. The van der Waals surface area contributed by atoms with Crippen LogP contribution in [-0.2, 0) is 17.6 Å². The molecule has 0 saturated heterocycles. The minimum atomic E-state index is -0.183. The molecule has 0 radical (unpaired) electrons. The van der Waals surface area contributed by atoms with E-state index in [1.807, 2.05) is 50.2 Å². The van der Waals surface area contributed by atoms with Gasteiger partial charge in [0.25, 0.3) is 5.91 Å². The largest absolute Gasteiger partial charge is 0.484 e. The van der Waals surface area contributed by atoms with Crippen LogP contribution in [0.5, 0.6) is 5.75 Å². The number of amides is 1. The smallest absolute Gasteiger partial charge is 0.262 e. The first kappa shape index (κ1) is 17.4. The van der Waals surface area contributed by atoms with Crippen molar-refractivity contribution in [3.8, 4) is 5.75 Å². The van der Waals surface area contributed by atoms with Crippen molar-refractivity contribution in [1.29, 1.82) is 0 Å². The fourth-order valence-electron chi connectivity index (χ4n) is 2.43. The maximum absolute atomic E-state index is 12.2. The summed E-state index contributed by atoms with van der Waals surface area (Å²) >= 11 is 6.25. The zero-order valence-corrected chi connectivity index (χ0v) is 14.5. The SMILES string of the molecule is CCc1ccc(Cl)c(CC)c1NC(=O)COc1ccc(C)cc1. The van der Waals surface area contributed by atoms with E-state index >= 15 is 0 Å². The molecule has 0 fully saturated rings. The van der Waals surface area contributed by atoms with E-state index in [0.717, 1.165) is 35.2 Å². The van der Waals surface area contributed by atoms with Gasteiger partial charge in [-0.1, -0.05) is 49.2 Å². The van der Waals surface area contributed by atoms with Gasteiger partial charge in [0.2, 0.25) is 0 Å². The van der Waals surface area contributed by atoms with Crippen molar-refractivity contribution in [1.82, 2.24) is 0 Å². The average Bonchev–Trinajstić information content (AvgIpc) is 2.55. The number of ether oxygens (including phenoxy) is 1. The van der Waals surface area contributed by atoms with Gasteiger partial charge in [-0.05, 0) is 49.1 Å². The second-order valence-electron chi connectivity index (χ2n) is 5.42. The first-order valence-electron chi connectivity index (χ1n) is 7.84. The van der Waals surface area contributed by atoms with Gasteiger partial charge in [-0.25, -0.2) is 0 Å². The molecule has 0 unspecified atom stereocenters. The monoisotopic (exact) mass is 331 g/mol. The van der Waals surface area contributed by atoms with Gasteiger partial charge in [0.1, 0.15) is 5.75 Å². The Morgan fingerprint density at radius 2 is 1.78 bits per heavy atom. The van der Waals surface area contributed by atoms with Crippen LogP contribution in [0.25, 0.3) is 0 Å². The molecule has 3 nitrogen and oxygen atoms in total. The molecule has 0 aliphatic rings. The summed E-state index contributed by atoms with van der Waals surface area (Å²) < 4.78 is 5.53. The molecule has 0 heterocycles. The summed E-state index contributed by atoms with van der Waals surface area (Å²) in [7, 11) is 0. The maximum atomic E-state index is 12.2. The molecule has 0 spiro atoms. The normalized spacial score (nSPS) is 10.4. The van der Waals surface area contributed by atoms with E-state index < -0.39 is 0 Å². The highest BCUT2D eigenvalue weighted by molar-refractivity contribution is 6.32. The van der Waals surface area contributed by atoms with E-state index in [2.05, 4.69) is 12.2 Å². The van der Waals surface area contributed by atoms with Crippen molar-refractivity contribution in [3.05, 3.63) is 58.1 Å². The molecular formula is C19H22ClNO2. The topological polar surface area (TPSA) is 38.3 Å². The van der Waals surface area contributed by atoms with Crippen molar-refractivity contribution in [2.75, 3.05) is 11.9 Å². The van der Waals surface area contributed by atoms with Crippen molar-refractivity contribution >= 4 is 23.2 Å². The minimum Gasteiger partial charge on any atom is -0.484 e. The summed E-state index contributed by atoms with van der Waals surface area (Å²) in [6, 6.07) is 11.5. The molecule has 0 atom stereocenters. The van der Waals surface area contributed by atoms with Crippen molar-refractivity contribution in [2.45, 2.75) is 33.6 Å². The number of anilines is 1. The molecule has 0 aromatic heterocycles. The fourth-order valence-corrected chi connectivity index (χ4v) is 2.72. The minimum absolute atomic E-state index is 0.0259. The van der Waals surface area contributed by atoms with Crippen LogP contribution in [0.3, 0.4) is 0 Å². The lowest BCUT2D eigenvalue weighted by atomic mass is 10.0. The number of benzene rings is 2. The highest BCUT2D eigenvalue weighted by atomic mass is 35.5. The van der Waals surface area contributed by atoms with E-state index in [0.29, 0.717) is 10.8 Å². The van der Waals surface area contributed by atoms with Gasteiger partial charge >= 0.3 is 0 Å². The van der Waals surface area contributed by atoms with Gasteiger partial charge < -0.3 is 10.1 Å². The molecule has 2 rings (SSSR count). The maximum Gasteiger partial charge on any atom is 0.262 e. The summed E-state index contributed by atoms with van der Waals surface area (Å²) in [5.41, 5.74) is 4.02. The van der Waals surface area contributed by atoms with E-state index in [-0.39, 0.29) is 12.5 Å². The number of hydrogen-bond donors (Lipinski definition) is 1. The Kier molecular flexibility index (Phi) is 6.05. The summed E-state index contributed by atoms with van der Waals surface area (Å²) in [4.78, 5) is 12.2. The zero-order chi connectivity index (χ0) is 16.8. The zero-order valence-electron chi connectivity index (χ0n) is 13.8. The fraction of sp³-hybridized carbons (Fsp3) is 0.316. The van der Waals surface area contributed by atoms with E-state index in [1.165, 1.54) is 0 Å². The van der Waals surface area contributed by atoms with Crippen LogP contribution >= 0.6 is 11.6 Å². The Labute approximate surface area is 142 Å². The van der Waals surface area contributed by atoms with Gasteiger partial charge in [0.15, 0.2) is 6.61 Å². The van der Waals surface area contributed by atoms with Crippen LogP contribution in [0.2, 0.25) is 5.02 Å². The predicted molar refractivity (Wildman–Crippen MR) is 95.5 cm³/mol. The van der Waals surface area contributed by atoms with E-state index in [4.69, 9.17) is 16.3 Å². The Morgan fingerprint density at radius 1 is 1.09 bits per heavy atom. The standard InChI is InChI=1S/C19H22ClNO2/c1-4-14-8-11-17(20)16(5-2)19(14)21-18(22)12-23-15-9-6-13(3)7-10-15/h6-11H,4-5,12H2,1-3H3,(H,21,22). The first-order chi connectivity index (χ1) is 11.0. The summed E-state index contributed by atoms with van der Waals surface area (Å²) in [6.07, 6.45) is 1.60. The second kappa shape index (κ2) is 8.02. The molecule has 2 aromatic rings. The predicted octanol–water partition coefficient (Wildman–Crippen LogP) is 4.79. The summed E-state index contributed by atoms with van der Waals surface area (Å²) in [5, 5.41) is 3.64. The molecule has 0 aliphatic heterocycles. The molecule has 4 heteroatoms. The first-order valence-corrected chi connectivity index (χ1v) is 8.22. The molecule has 0 bridgehead atoms. The highest BCUT2D eigenvalue weighted by Gasteiger charge is 2.13. The van der Waals surface area contributed by atoms with Crippen molar-refractivity contribution in [2.24, 2.45) is 0 Å². The molecule has 122 valence electrons. The van der Waals surface area contributed by atoms with Gasteiger partial charge in [0.05, 0.1) is 0 Å². The molecule has 1 amide bonds. The van der Waals surface area contributed by atoms with Gasteiger partial charge in [-0.2, -0.15) is 0 Å². The van der Waals surface area contributed by atoms with E-state index in [1.54, 1.807) is 0 Å². The van der Waals surface area contributed by atoms with Gasteiger partial charge in [-0.3, -0.25) is 4.79 Å². The molecule has 0 aliphatic carbocycles. The Hall–Kier alpha value is -2.00. The number of hydrogen-bond acceptors (Lipinski definition) is 2. The quantitative estimate of drug-likeness (QED) is 0.826. The van der Waals surface area contributed by atoms with Crippen molar-refractivity contribution in [3.63, 3.8) is 0 Å². The van der Waals surface area contributed by atoms with Crippen LogP contribution in [0, 0.1) is 6.92 Å². The number of rotatable bonds is 6. The number of nitrogens with one attached hydrogen (secondary N) is 1. The van der Waals surface area contributed by atoms with Gasteiger partial charge in [-0.15, -0.1) is 0 Å². The number of carbonyl (C=O) groups excluding carboxylic acids is 1. The lowest BCUT2D eigenvalue weighted by Crippen LogP contribution is -2.22. The number of aryl methyl sites for hydroxylation is 2. The second-order valence-corrected chi connectivity index (χ2v) is 5.82. The highest BCUT2D eigenvalue weighted by Crippen LogP contribution is 2.29. The summed E-state index contributed by atoms with van der Waals surface area (Å²) in [6.45, 7) is 6.07. The Balaban J connectivity index is 2.07. The van der Waals surface area contributed by atoms with Crippen LogP contribution in [0.4, 0.5) is 5.69 Å². The number of carbonyl (C=O) groups is 1. The van der Waals surface area contributed by atoms with Crippen molar-refractivity contribution < 1.29 is 9.53 Å². The molecular weight excluding hydrogens is 310 g/mol. The third kappa shape index (κ3) is 4.49. The molecule has 1 N–H and O–H groups in total. The molecule has 0 saturated carbocycles. The van der Waals surface area contributed by atoms with Crippen LogP contribution in [-0.4, -0.2) is 12.5 Å². The lowest BCUT2D eigenvalue weighted by Gasteiger charge is -2.16. The molecule has 2 aromatic carbocycles. The Morgan fingerprint density at radius 3 is 2.39 bits per heavy atom. The van der Waals surface area contributed by atoms with Crippen LogP contribution < -0.4 is 10.1 Å². The lowest BCUT2D eigenvalue weighted by molar-refractivity contribution is -0.118. The van der Waals surface area contributed by atoms with Gasteiger partial charge in [0, 0.05) is 10.7 Å². The van der Waals surface area contributed by atoms with E-state index in [9.17, 15) is 4.79 Å².